The molecule has 0 unspecified atom stereocenters. The number of nitrogens with two attached hydrogens (primary N) is 1. The Kier molecular flexibility index (Phi) is 6.33. The highest BCUT2D eigenvalue weighted by atomic mass is 15.3. The zero-order valence-electron chi connectivity index (χ0n) is 9.49. The smallest absolute Gasteiger partial charge is 0.0866 e. The summed E-state index contributed by atoms with van der Waals surface area (Å²) in [6, 6.07) is 2.21. The lowest BCUT2D eigenvalue weighted by atomic mass is 10.2. The summed E-state index contributed by atoms with van der Waals surface area (Å²) in [5, 5.41) is 8.57. The molecule has 1 aliphatic rings. The van der Waals surface area contributed by atoms with E-state index in [1.54, 1.807) is 0 Å². The van der Waals surface area contributed by atoms with E-state index < -0.39 is 0 Å². The van der Waals surface area contributed by atoms with Crippen LogP contribution in [0, 0.1) is 11.3 Å². The molecule has 1 heterocycles. The van der Waals surface area contributed by atoms with Gasteiger partial charge < -0.3 is 10.6 Å². The zero-order valence-corrected chi connectivity index (χ0v) is 9.49. The molecule has 15 heavy (non-hydrogen) atoms. The van der Waals surface area contributed by atoms with Crippen LogP contribution in [-0.4, -0.2) is 55.6 Å². The Hall–Kier alpha value is -0.630. The van der Waals surface area contributed by atoms with Gasteiger partial charge in [-0.25, -0.2) is 0 Å². The van der Waals surface area contributed by atoms with Crippen LogP contribution in [0.25, 0.3) is 0 Å². The van der Waals surface area contributed by atoms with Crippen molar-refractivity contribution >= 4 is 0 Å². The molecule has 1 rings (SSSR count). The Morgan fingerprint density at radius 2 is 1.67 bits per heavy atom. The third kappa shape index (κ3) is 5.12. The summed E-state index contributed by atoms with van der Waals surface area (Å²) in [6.45, 7) is 6.92. The highest BCUT2D eigenvalue weighted by molar-refractivity contribution is 4.80. The molecule has 0 aromatic rings. The van der Waals surface area contributed by atoms with Gasteiger partial charge in [0.1, 0.15) is 0 Å². The summed E-state index contributed by atoms with van der Waals surface area (Å²) < 4.78 is 0. The number of piperazine rings is 1. The third-order valence-electron chi connectivity index (χ3n) is 2.94. The van der Waals surface area contributed by atoms with Crippen molar-refractivity contribution in [1.29, 1.82) is 5.26 Å². The van der Waals surface area contributed by atoms with Crippen LogP contribution in [0.2, 0.25) is 0 Å². The molecule has 0 bridgehead atoms. The number of hydrogen-bond donors (Lipinski definition) is 1. The van der Waals surface area contributed by atoms with Gasteiger partial charge in [-0.05, 0) is 25.9 Å². The highest BCUT2D eigenvalue weighted by Gasteiger charge is 2.15. The largest absolute Gasteiger partial charge is 0.330 e. The van der Waals surface area contributed by atoms with Crippen LogP contribution in [0.1, 0.15) is 19.3 Å². The first kappa shape index (κ1) is 12.4. The lowest BCUT2D eigenvalue weighted by Gasteiger charge is -2.33. The number of rotatable bonds is 6. The minimum atomic E-state index is 0.584. The van der Waals surface area contributed by atoms with Crippen molar-refractivity contribution in [3.05, 3.63) is 0 Å². The van der Waals surface area contributed by atoms with E-state index in [9.17, 15) is 0 Å². The maximum atomic E-state index is 8.57. The van der Waals surface area contributed by atoms with Crippen LogP contribution in [0.15, 0.2) is 0 Å². The Balaban J connectivity index is 2.02. The molecule has 1 saturated heterocycles. The molecule has 0 aromatic heterocycles. The van der Waals surface area contributed by atoms with Gasteiger partial charge in [0, 0.05) is 26.2 Å². The summed E-state index contributed by atoms with van der Waals surface area (Å²) in [5.41, 5.74) is 5.45. The minimum absolute atomic E-state index is 0.584. The fraction of sp³-hybridized carbons (Fsp3) is 0.909. The first-order valence-corrected chi connectivity index (χ1v) is 5.88. The quantitative estimate of drug-likeness (QED) is 0.504. The van der Waals surface area contributed by atoms with Crippen LogP contribution in [0.3, 0.4) is 0 Å². The fourth-order valence-corrected chi connectivity index (χ4v) is 1.93. The lowest BCUT2D eigenvalue weighted by Crippen LogP contribution is -2.46. The van der Waals surface area contributed by atoms with Gasteiger partial charge in [0.2, 0.25) is 0 Å². The van der Waals surface area contributed by atoms with E-state index >= 15 is 0 Å². The average Bonchev–Trinajstić information content (AvgIpc) is 2.27. The summed E-state index contributed by atoms with van der Waals surface area (Å²) in [4.78, 5) is 4.71. The monoisotopic (exact) mass is 210 g/mol. The predicted molar refractivity (Wildman–Crippen MR) is 61.4 cm³/mol. The number of hydrogen-bond acceptors (Lipinski definition) is 4. The molecule has 4 heteroatoms. The van der Waals surface area contributed by atoms with E-state index in [1.807, 2.05) is 0 Å². The molecule has 86 valence electrons. The summed E-state index contributed by atoms with van der Waals surface area (Å²) in [6.07, 6.45) is 3.65. The molecule has 0 aromatic carbocycles. The van der Waals surface area contributed by atoms with Gasteiger partial charge in [-0.2, -0.15) is 5.26 Å². The summed E-state index contributed by atoms with van der Waals surface area (Å²) >= 11 is 0. The molecule has 0 amide bonds. The van der Waals surface area contributed by atoms with Crippen LogP contribution in [0.4, 0.5) is 0 Å². The lowest BCUT2D eigenvalue weighted by molar-refractivity contribution is 0.142. The summed E-state index contributed by atoms with van der Waals surface area (Å²) in [5.74, 6) is 0. The minimum Gasteiger partial charge on any atom is -0.330 e. The molecular weight excluding hydrogens is 188 g/mol. The molecule has 0 radical (unpaired) electrons. The van der Waals surface area contributed by atoms with E-state index in [1.165, 1.54) is 19.4 Å². The Morgan fingerprint density at radius 1 is 1.00 bits per heavy atom. The standard InChI is InChI=1S/C11H22N4/c12-4-2-1-3-6-14-8-10-15(7-5-13)11-9-14/h1-4,6-12H2. The van der Waals surface area contributed by atoms with Crippen molar-refractivity contribution in [1.82, 2.24) is 9.80 Å². The van der Waals surface area contributed by atoms with Crippen molar-refractivity contribution < 1.29 is 0 Å². The molecule has 0 aliphatic carbocycles. The van der Waals surface area contributed by atoms with Gasteiger partial charge >= 0.3 is 0 Å². The molecule has 0 spiro atoms. The van der Waals surface area contributed by atoms with Gasteiger partial charge in [0.15, 0.2) is 0 Å². The topological polar surface area (TPSA) is 56.3 Å². The first-order valence-electron chi connectivity index (χ1n) is 5.88. The highest BCUT2D eigenvalue weighted by Crippen LogP contribution is 2.03. The van der Waals surface area contributed by atoms with E-state index in [0.29, 0.717) is 6.54 Å². The van der Waals surface area contributed by atoms with Gasteiger partial charge in [-0.1, -0.05) is 6.42 Å². The summed E-state index contributed by atoms with van der Waals surface area (Å²) in [7, 11) is 0. The maximum absolute atomic E-state index is 8.57. The molecule has 0 saturated carbocycles. The molecule has 2 N–H and O–H groups in total. The molecule has 1 fully saturated rings. The van der Waals surface area contributed by atoms with Crippen molar-refractivity contribution in [3.8, 4) is 6.07 Å². The van der Waals surface area contributed by atoms with Crippen LogP contribution >= 0.6 is 0 Å². The molecule has 1 aliphatic heterocycles. The number of nitriles is 1. The van der Waals surface area contributed by atoms with E-state index in [0.717, 1.165) is 39.1 Å². The Morgan fingerprint density at radius 3 is 2.27 bits per heavy atom. The second-order valence-corrected chi connectivity index (χ2v) is 4.13. The van der Waals surface area contributed by atoms with E-state index in [2.05, 4.69) is 15.9 Å². The van der Waals surface area contributed by atoms with Gasteiger partial charge in [0.05, 0.1) is 12.6 Å². The van der Waals surface area contributed by atoms with Crippen molar-refractivity contribution in [2.24, 2.45) is 5.73 Å². The normalized spacial score (nSPS) is 18.9. The second kappa shape index (κ2) is 7.63. The average molecular weight is 210 g/mol. The number of nitrogens with zero attached hydrogens (tertiary/aromatic N) is 3. The Bertz CT molecular complexity index is 191. The van der Waals surface area contributed by atoms with Crippen LogP contribution in [-0.2, 0) is 0 Å². The SMILES string of the molecule is N#CCN1CCN(CCCCCN)CC1. The van der Waals surface area contributed by atoms with Crippen molar-refractivity contribution in [2.45, 2.75) is 19.3 Å². The van der Waals surface area contributed by atoms with Gasteiger partial charge in [-0.15, -0.1) is 0 Å². The van der Waals surface area contributed by atoms with Crippen LogP contribution in [0.5, 0.6) is 0 Å². The maximum Gasteiger partial charge on any atom is 0.0866 e. The van der Waals surface area contributed by atoms with Crippen LogP contribution < -0.4 is 5.73 Å². The predicted octanol–water partition coefficient (Wildman–Crippen LogP) is 0.257. The number of unbranched alkanes of at least 4 members (excludes halogenated alkanes) is 2. The first-order chi connectivity index (χ1) is 7.36. The second-order valence-electron chi connectivity index (χ2n) is 4.13. The van der Waals surface area contributed by atoms with Gasteiger partial charge in [0.25, 0.3) is 0 Å². The van der Waals surface area contributed by atoms with Gasteiger partial charge in [-0.3, -0.25) is 4.90 Å². The van der Waals surface area contributed by atoms with Crippen molar-refractivity contribution in [2.75, 3.05) is 45.8 Å². The van der Waals surface area contributed by atoms with E-state index in [4.69, 9.17) is 11.0 Å². The zero-order chi connectivity index (χ0) is 10.9. The molecular formula is C11H22N4. The third-order valence-corrected chi connectivity index (χ3v) is 2.94. The van der Waals surface area contributed by atoms with E-state index in [-0.39, 0.29) is 0 Å². The molecule has 4 nitrogen and oxygen atoms in total. The van der Waals surface area contributed by atoms with Crippen molar-refractivity contribution in [3.63, 3.8) is 0 Å². The fourth-order valence-electron chi connectivity index (χ4n) is 1.93. The molecule has 0 atom stereocenters. The Labute approximate surface area is 92.6 Å².